The molecule has 5 nitrogen and oxygen atoms in total. The third-order valence-electron chi connectivity index (χ3n) is 3.36. The van der Waals surface area contributed by atoms with Gasteiger partial charge in [-0.15, -0.1) is 0 Å². The molecule has 0 spiro atoms. The van der Waals surface area contributed by atoms with Crippen LogP contribution < -0.4 is 9.64 Å². The SMILES string of the molecule is COC(=O)CCN1C(=O)C(C(C)C)Oc2c(Cl)cccc21. The Bertz CT molecular complexity index is 559. The van der Waals surface area contributed by atoms with E-state index in [1.807, 2.05) is 13.8 Å². The molecule has 1 amide bonds. The highest BCUT2D eigenvalue weighted by Crippen LogP contribution is 2.40. The number of fused-ring (bicyclic) bond motifs is 1. The number of rotatable bonds is 4. The van der Waals surface area contributed by atoms with Crippen LogP contribution in [0.5, 0.6) is 5.75 Å². The van der Waals surface area contributed by atoms with E-state index in [2.05, 4.69) is 4.74 Å². The van der Waals surface area contributed by atoms with Gasteiger partial charge in [0.2, 0.25) is 0 Å². The molecule has 0 fully saturated rings. The molecular formula is C15H18ClNO4. The molecule has 0 N–H and O–H groups in total. The van der Waals surface area contributed by atoms with Crippen LogP contribution in [0.4, 0.5) is 5.69 Å². The lowest BCUT2D eigenvalue weighted by molar-refractivity contribution is -0.140. The molecule has 1 aliphatic heterocycles. The van der Waals surface area contributed by atoms with Crippen LogP contribution >= 0.6 is 11.6 Å². The summed E-state index contributed by atoms with van der Waals surface area (Å²) in [6.07, 6.45) is -0.478. The number of carbonyl (C=O) groups excluding carboxylic acids is 2. The van der Waals surface area contributed by atoms with Gasteiger partial charge in [-0.2, -0.15) is 0 Å². The normalized spacial score (nSPS) is 17.5. The maximum Gasteiger partial charge on any atom is 0.307 e. The van der Waals surface area contributed by atoms with E-state index < -0.39 is 6.10 Å². The highest BCUT2D eigenvalue weighted by molar-refractivity contribution is 6.32. The lowest BCUT2D eigenvalue weighted by atomic mass is 10.0. The average molecular weight is 312 g/mol. The Balaban J connectivity index is 2.35. The number of nitrogens with zero attached hydrogens (tertiary/aromatic N) is 1. The molecule has 21 heavy (non-hydrogen) atoms. The van der Waals surface area contributed by atoms with E-state index in [4.69, 9.17) is 16.3 Å². The number of ether oxygens (including phenoxy) is 2. The summed E-state index contributed by atoms with van der Waals surface area (Å²) in [5, 5.41) is 0.453. The van der Waals surface area contributed by atoms with Crippen LogP contribution in [0.15, 0.2) is 18.2 Å². The monoisotopic (exact) mass is 311 g/mol. The predicted octanol–water partition coefficient (Wildman–Crippen LogP) is 2.65. The number of para-hydroxylation sites is 1. The molecule has 0 bridgehead atoms. The quantitative estimate of drug-likeness (QED) is 0.802. The average Bonchev–Trinajstić information content (AvgIpc) is 2.45. The van der Waals surface area contributed by atoms with Gasteiger partial charge in [0.05, 0.1) is 24.2 Å². The molecular weight excluding hydrogens is 294 g/mol. The highest BCUT2D eigenvalue weighted by Gasteiger charge is 2.37. The first-order chi connectivity index (χ1) is 9.95. The zero-order valence-electron chi connectivity index (χ0n) is 12.3. The number of hydrogen-bond acceptors (Lipinski definition) is 4. The van der Waals surface area contributed by atoms with Crippen molar-refractivity contribution >= 4 is 29.2 Å². The van der Waals surface area contributed by atoms with Gasteiger partial charge >= 0.3 is 5.97 Å². The molecule has 0 saturated heterocycles. The molecule has 0 aromatic heterocycles. The van der Waals surface area contributed by atoms with Gasteiger partial charge in [-0.05, 0) is 18.1 Å². The molecule has 114 valence electrons. The van der Waals surface area contributed by atoms with Crippen molar-refractivity contribution in [1.82, 2.24) is 0 Å². The number of hydrogen-bond donors (Lipinski definition) is 0. The van der Waals surface area contributed by atoms with Gasteiger partial charge in [0, 0.05) is 6.54 Å². The molecule has 1 aromatic rings. The number of methoxy groups -OCH3 is 1. The van der Waals surface area contributed by atoms with Crippen LogP contribution in [-0.4, -0.2) is 31.6 Å². The van der Waals surface area contributed by atoms with E-state index in [1.54, 1.807) is 23.1 Å². The Hall–Kier alpha value is -1.75. The first kappa shape index (κ1) is 15.6. The minimum atomic E-state index is -0.602. The van der Waals surface area contributed by atoms with Crippen LogP contribution in [0.2, 0.25) is 5.02 Å². The first-order valence-electron chi connectivity index (χ1n) is 6.79. The third kappa shape index (κ3) is 3.13. The molecule has 0 saturated carbocycles. The Morgan fingerprint density at radius 3 is 2.81 bits per heavy atom. The summed E-state index contributed by atoms with van der Waals surface area (Å²) in [4.78, 5) is 25.4. The zero-order valence-corrected chi connectivity index (χ0v) is 13.0. The second kappa shape index (κ2) is 6.35. The van der Waals surface area contributed by atoms with Crippen LogP contribution in [0, 0.1) is 5.92 Å². The van der Waals surface area contributed by atoms with Crippen molar-refractivity contribution in [1.29, 1.82) is 0 Å². The van der Waals surface area contributed by atoms with Crippen molar-refractivity contribution in [3.63, 3.8) is 0 Å². The number of benzene rings is 1. The van der Waals surface area contributed by atoms with Gasteiger partial charge in [0.25, 0.3) is 5.91 Å². The van der Waals surface area contributed by atoms with E-state index in [-0.39, 0.29) is 30.8 Å². The Labute approximate surface area is 128 Å². The summed E-state index contributed by atoms with van der Waals surface area (Å²) in [5.41, 5.74) is 0.591. The van der Waals surface area contributed by atoms with Gasteiger partial charge in [-0.1, -0.05) is 31.5 Å². The molecule has 1 aromatic carbocycles. The molecule has 1 aliphatic rings. The summed E-state index contributed by atoms with van der Waals surface area (Å²) in [7, 11) is 1.32. The molecule has 1 atom stereocenters. The standard InChI is InChI=1S/C15H18ClNO4/c1-9(2)13-15(19)17(8-7-12(18)20-3)11-6-4-5-10(16)14(11)21-13/h4-6,9,13H,7-8H2,1-3H3. The minimum absolute atomic E-state index is 0.00236. The van der Waals surface area contributed by atoms with E-state index in [0.29, 0.717) is 16.5 Å². The largest absolute Gasteiger partial charge is 0.477 e. The number of halogens is 1. The molecule has 1 unspecified atom stereocenters. The number of amides is 1. The molecule has 1 heterocycles. The smallest absolute Gasteiger partial charge is 0.307 e. The first-order valence-corrected chi connectivity index (χ1v) is 7.17. The summed E-state index contributed by atoms with van der Waals surface area (Å²) in [6, 6.07) is 5.22. The summed E-state index contributed by atoms with van der Waals surface area (Å²) in [6.45, 7) is 4.05. The van der Waals surface area contributed by atoms with Gasteiger partial charge in [-0.25, -0.2) is 0 Å². The van der Waals surface area contributed by atoms with Crippen molar-refractivity contribution in [2.24, 2.45) is 5.92 Å². The predicted molar refractivity (Wildman–Crippen MR) is 79.7 cm³/mol. The van der Waals surface area contributed by atoms with E-state index >= 15 is 0 Å². The van der Waals surface area contributed by atoms with E-state index in [9.17, 15) is 9.59 Å². The van der Waals surface area contributed by atoms with Gasteiger partial charge in [0.1, 0.15) is 0 Å². The van der Waals surface area contributed by atoms with E-state index in [0.717, 1.165) is 0 Å². The number of anilines is 1. The topological polar surface area (TPSA) is 55.8 Å². The zero-order chi connectivity index (χ0) is 15.6. The maximum absolute atomic E-state index is 12.5. The fourth-order valence-electron chi connectivity index (χ4n) is 2.23. The molecule has 0 radical (unpaired) electrons. The van der Waals surface area contributed by atoms with E-state index in [1.165, 1.54) is 7.11 Å². The third-order valence-corrected chi connectivity index (χ3v) is 3.66. The second-order valence-corrected chi connectivity index (χ2v) is 5.59. The fourth-order valence-corrected chi connectivity index (χ4v) is 2.45. The number of esters is 1. The summed E-state index contributed by atoms with van der Waals surface area (Å²) < 4.78 is 10.4. The van der Waals surface area contributed by atoms with Crippen molar-refractivity contribution in [3.8, 4) is 5.75 Å². The lowest BCUT2D eigenvalue weighted by Gasteiger charge is -2.36. The Morgan fingerprint density at radius 1 is 1.48 bits per heavy atom. The minimum Gasteiger partial charge on any atom is -0.477 e. The van der Waals surface area contributed by atoms with Crippen LogP contribution in [-0.2, 0) is 14.3 Å². The van der Waals surface area contributed by atoms with Crippen LogP contribution in [0.1, 0.15) is 20.3 Å². The fraction of sp³-hybridized carbons (Fsp3) is 0.467. The maximum atomic E-state index is 12.5. The summed E-state index contributed by atoms with van der Waals surface area (Å²) in [5.74, 6) is -0.0347. The van der Waals surface area contributed by atoms with Crippen molar-refractivity contribution in [2.45, 2.75) is 26.4 Å². The van der Waals surface area contributed by atoms with Crippen molar-refractivity contribution < 1.29 is 19.1 Å². The molecule has 6 heteroatoms. The molecule has 2 rings (SSSR count). The highest BCUT2D eigenvalue weighted by atomic mass is 35.5. The number of carbonyl (C=O) groups is 2. The lowest BCUT2D eigenvalue weighted by Crippen LogP contribution is -2.49. The van der Waals surface area contributed by atoms with Crippen LogP contribution in [0.3, 0.4) is 0 Å². The van der Waals surface area contributed by atoms with Crippen molar-refractivity contribution in [3.05, 3.63) is 23.2 Å². The molecule has 0 aliphatic carbocycles. The second-order valence-electron chi connectivity index (χ2n) is 5.19. The van der Waals surface area contributed by atoms with Crippen LogP contribution in [0.25, 0.3) is 0 Å². The van der Waals surface area contributed by atoms with Gasteiger partial charge in [0.15, 0.2) is 11.9 Å². The Kier molecular flexibility index (Phi) is 4.73. The van der Waals surface area contributed by atoms with Gasteiger partial charge in [-0.3, -0.25) is 9.59 Å². The Morgan fingerprint density at radius 2 is 2.19 bits per heavy atom. The van der Waals surface area contributed by atoms with Crippen molar-refractivity contribution in [2.75, 3.05) is 18.6 Å². The summed E-state index contributed by atoms with van der Waals surface area (Å²) >= 11 is 6.16. The van der Waals surface area contributed by atoms with Gasteiger partial charge < -0.3 is 14.4 Å².